The van der Waals surface area contributed by atoms with Gasteiger partial charge in [-0.25, -0.2) is 4.79 Å². The predicted octanol–water partition coefficient (Wildman–Crippen LogP) is 4.66. The predicted molar refractivity (Wildman–Crippen MR) is 106 cm³/mol. The maximum absolute atomic E-state index is 12.1. The normalized spacial score (nSPS) is 11.2. The third kappa shape index (κ3) is 5.10. The molecule has 2 rings (SSSR count). The number of non-ortho nitro benzene ring substituents is 1. The molecule has 0 atom stereocenters. The van der Waals surface area contributed by atoms with Gasteiger partial charge in [0.25, 0.3) is 5.69 Å². The van der Waals surface area contributed by atoms with Gasteiger partial charge in [-0.3, -0.25) is 10.1 Å². The van der Waals surface area contributed by atoms with Crippen LogP contribution in [0, 0.1) is 24.0 Å². The molecule has 0 N–H and O–H groups in total. The number of carbonyl (C=O) groups is 1. The lowest BCUT2D eigenvalue weighted by Crippen LogP contribution is -2.06. The van der Waals surface area contributed by atoms with Crippen LogP contribution in [0.4, 0.5) is 5.69 Å². The van der Waals surface area contributed by atoms with Crippen molar-refractivity contribution < 1.29 is 19.2 Å². The molecule has 0 amide bonds. The van der Waals surface area contributed by atoms with E-state index in [1.54, 1.807) is 12.1 Å². The highest BCUT2D eigenvalue weighted by Crippen LogP contribution is 2.34. The first kappa shape index (κ1) is 20.5. The van der Waals surface area contributed by atoms with Gasteiger partial charge in [0.15, 0.2) is 0 Å². The fraction of sp³-hybridized carbons (Fsp3) is 0.250. The second-order valence-electron chi connectivity index (χ2n) is 5.93. The van der Waals surface area contributed by atoms with Crippen molar-refractivity contribution >= 4 is 29.0 Å². The van der Waals surface area contributed by atoms with Crippen molar-refractivity contribution in [3.8, 4) is 0 Å². The van der Waals surface area contributed by atoms with Crippen LogP contribution in [-0.4, -0.2) is 25.1 Å². The Hall–Kier alpha value is -2.80. The molecule has 0 saturated carbocycles. The van der Waals surface area contributed by atoms with E-state index in [9.17, 15) is 14.9 Å². The standard InChI is InChI=1S/C20H21NO5S/c1-13-8-15(10-16(9-13)21(23)24)12-27-19-14(2)6-5-7-17(19)18(11-25-3)20(22)26-4/h5-11H,12H2,1-4H3/b18-11+. The van der Waals surface area contributed by atoms with Gasteiger partial charge in [0.05, 0.1) is 25.4 Å². The van der Waals surface area contributed by atoms with Crippen molar-refractivity contribution in [3.05, 3.63) is 75.0 Å². The molecular weight excluding hydrogens is 366 g/mol. The van der Waals surface area contributed by atoms with Gasteiger partial charge in [0, 0.05) is 28.3 Å². The first-order valence-electron chi connectivity index (χ1n) is 8.16. The molecule has 7 heteroatoms. The average molecular weight is 387 g/mol. The minimum atomic E-state index is -0.490. The lowest BCUT2D eigenvalue weighted by molar-refractivity contribution is -0.385. The van der Waals surface area contributed by atoms with E-state index in [-0.39, 0.29) is 5.69 Å². The molecule has 0 heterocycles. The van der Waals surface area contributed by atoms with Gasteiger partial charge in [0.1, 0.15) is 5.57 Å². The molecular formula is C20H21NO5S. The molecule has 0 aliphatic carbocycles. The van der Waals surface area contributed by atoms with Crippen LogP contribution in [0.3, 0.4) is 0 Å². The van der Waals surface area contributed by atoms with Crippen molar-refractivity contribution in [2.75, 3.05) is 14.2 Å². The number of methoxy groups -OCH3 is 2. The summed E-state index contributed by atoms with van der Waals surface area (Å²) in [6, 6.07) is 10.7. The Balaban J connectivity index is 2.39. The summed E-state index contributed by atoms with van der Waals surface area (Å²) in [5, 5.41) is 11.1. The number of nitrogens with zero attached hydrogens (tertiary/aromatic N) is 1. The molecule has 0 fully saturated rings. The molecule has 0 aliphatic heterocycles. The van der Waals surface area contributed by atoms with E-state index in [0.29, 0.717) is 16.9 Å². The summed E-state index contributed by atoms with van der Waals surface area (Å²) in [6.45, 7) is 3.78. The third-order valence-corrected chi connectivity index (χ3v) is 5.17. The maximum Gasteiger partial charge on any atom is 0.341 e. The molecule has 0 spiro atoms. The van der Waals surface area contributed by atoms with Crippen LogP contribution in [0.15, 0.2) is 47.6 Å². The van der Waals surface area contributed by atoms with E-state index in [0.717, 1.165) is 21.6 Å². The van der Waals surface area contributed by atoms with E-state index in [2.05, 4.69) is 0 Å². The Labute approximate surface area is 162 Å². The number of benzene rings is 2. The molecule has 0 bridgehead atoms. The number of ether oxygens (including phenoxy) is 2. The summed E-state index contributed by atoms with van der Waals surface area (Å²) >= 11 is 1.51. The summed E-state index contributed by atoms with van der Waals surface area (Å²) in [5.74, 6) is 0.0393. The SMILES string of the molecule is CO/C=C(/C(=O)OC)c1cccc(C)c1SCc1cc(C)cc([N+](=O)[O-])c1. The van der Waals surface area contributed by atoms with Crippen molar-refractivity contribution in [1.29, 1.82) is 0 Å². The van der Waals surface area contributed by atoms with Crippen LogP contribution < -0.4 is 0 Å². The Bertz CT molecular complexity index is 892. The van der Waals surface area contributed by atoms with E-state index in [4.69, 9.17) is 9.47 Å². The Kier molecular flexibility index (Phi) is 7.01. The zero-order valence-corrected chi connectivity index (χ0v) is 16.5. The number of thioether (sulfide) groups is 1. The summed E-state index contributed by atoms with van der Waals surface area (Å²) in [7, 11) is 2.79. The number of aryl methyl sites for hydroxylation is 2. The smallest absolute Gasteiger partial charge is 0.341 e. The minimum absolute atomic E-state index is 0.0742. The van der Waals surface area contributed by atoms with Gasteiger partial charge >= 0.3 is 5.97 Å². The Morgan fingerprint density at radius 3 is 2.59 bits per heavy atom. The van der Waals surface area contributed by atoms with Crippen LogP contribution in [-0.2, 0) is 20.0 Å². The quantitative estimate of drug-likeness (QED) is 0.172. The fourth-order valence-electron chi connectivity index (χ4n) is 2.69. The van der Waals surface area contributed by atoms with Crippen LogP contribution in [0.1, 0.15) is 22.3 Å². The number of hydrogen-bond donors (Lipinski definition) is 0. The van der Waals surface area contributed by atoms with Crippen LogP contribution in [0.25, 0.3) is 5.57 Å². The van der Waals surface area contributed by atoms with E-state index in [1.165, 1.54) is 32.2 Å². The first-order valence-corrected chi connectivity index (χ1v) is 9.15. The van der Waals surface area contributed by atoms with Crippen LogP contribution >= 0.6 is 11.8 Å². The topological polar surface area (TPSA) is 78.7 Å². The van der Waals surface area contributed by atoms with Crippen molar-refractivity contribution in [1.82, 2.24) is 0 Å². The number of esters is 1. The molecule has 0 radical (unpaired) electrons. The highest BCUT2D eigenvalue weighted by atomic mass is 32.2. The molecule has 2 aromatic rings. The number of hydrogen-bond acceptors (Lipinski definition) is 6. The molecule has 2 aromatic carbocycles. The van der Waals surface area contributed by atoms with Crippen molar-refractivity contribution in [2.45, 2.75) is 24.5 Å². The monoisotopic (exact) mass is 387 g/mol. The fourth-order valence-corrected chi connectivity index (χ4v) is 3.80. The number of nitro groups is 1. The maximum atomic E-state index is 12.1. The van der Waals surface area contributed by atoms with Gasteiger partial charge in [-0.05, 0) is 30.5 Å². The molecule has 0 aromatic heterocycles. The zero-order valence-electron chi connectivity index (χ0n) is 15.6. The molecule has 0 saturated heterocycles. The molecule has 27 heavy (non-hydrogen) atoms. The van der Waals surface area contributed by atoms with Gasteiger partial charge in [-0.15, -0.1) is 11.8 Å². The minimum Gasteiger partial charge on any atom is -0.503 e. The number of carbonyl (C=O) groups excluding carboxylic acids is 1. The summed E-state index contributed by atoms with van der Waals surface area (Å²) < 4.78 is 9.91. The van der Waals surface area contributed by atoms with Gasteiger partial charge in [0.2, 0.25) is 0 Å². The molecule has 142 valence electrons. The van der Waals surface area contributed by atoms with Gasteiger partial charge in [-0.2, -0.15) is 0 Å². The second kappa shape index (κ2) is 9.23. The summed E-state index contributed by atoms with van der Waals surface area (Å²) in [5.41, 5.74) is 3.77. The number of rotatable bonds is 7. The van der Waals surface area contributed by atoms with Crippen molar-refractivity contribution in [3.63, 3.8) is 0 Å². The van der Waals surface area contributed by atoms with Gasteiger partial charge in [-0.1, -0.05) is 24.3 Å². The summed E-state index contributed by atoms with van der Waals surface area (Å²) in [6.07, 6.45) is 1.36. The highest BCUT2D eigenvalue weighted by Gasteiger charge is 2.19. The third-order valence-electron chi connectivity index (χ3n) is 3.86. The lowest BCUT2D eigenvalue weighted by Gasteiger charge is -2.14. The van der Waals surface area contributed by atoms with Crippen LogP contribution in [0.2, 0.25) is 0 Å². The second-order valence-corrected chi connectivity index (χ2v) is 6.92. The Morgan fingerprint density at radius 1 is 1.22 bits per heavy atom. The first-order chi connectivity index (χ1) is 12.9. The lowest BCUT2D eigenvalue weighted by atomic mass is 10.0. The molecule has 0 unspecified atom stereocenters. The van der Waals surface area contributed by atoms with E-state index >= 15 is 0 Å². The average Bonchev–Trinajstić information content (AvgIpc) is 2.64. The molecule has 6 nitrogen and oxygen atoms in total. The van der Waals surface area contributed by atoms with E-state index < -0.39 is 10.9 Å². The zero-order chi connectivity index (χ0) is 20.0. The number of nitro benzene ring substituents is 1. The van der Waals surface area contributed by atoms with E-state index in [1.807, 2.05) is 38.1 Å². The summed E-state index contributed by atoms with van der Waals surface area (Å²) in [4.78, 5) is 23.7. The van der Waals surface area contributed by atoms with Crippen molar-refractivity contribution in [2.24, 2.45) is 0 Å². The Morgan fingerprint density at radius 2 is 1.96 bits per heavy atom. The largest absolute Gasteiger partial charge is 0.503 e. The van der Waals surface area contributed by atoms with Crippen LogP contribution in [0.5, 0.6) is 0 Å². The molecule has 0 aliphatic rings. The highest BCUT2D eigenvalue weighted by molar-refractivity contribution is 7.98. The van der Waals surface area contributed by atoms with Gasteiger partial charge < -0.3 is 9.47 Å².